The summed E-state index contributed by atoms with van der Waals surface area (Å²) in [4.78, 5) is 24.8. The maximum absolute atomic E-state index is 12.4. The summed E-state index contributed by atoms with van der Waals surface area (Å²) in [5.74, 6) is -0.824. The van der Waals surface area contributed by atoms with Crippen molar-refractivity contribution >= 4 is 17.6 Å². The van der Waals surface area contributed by atoms with Crippen LogP contribution in [0.2, 0.25) is 0 Å². The van der Waals surface area contributed by atoms with E-state index in [-0.39, 0.29) is 5.91 Å². The smallest absolute Gasteiger partial charge is 0.339 e. The Hall–Kier alpha value is -2.62. The number of benzene rings is 2. The molecule has 2 rings (SSSR count). The van der Waals surface area contributed by atoms with Crippen molar-refractivity contribution in [2.75, 3.05) is 5.32 Å². The fourth-order valence-corrected chi connectivity index (χ4v) is 2.85. The van der Waals surface area contributed by atoms with E-state index in [2.05, 4.69) is 5.32 Å². The third kappa shape index (κ3) is 4.27. The Balaban J connectivity index is 2.11. The SMILES string of the molecule is Cc1cc(C)c(NC(=O)[C@H](C)OC(=O)c2cccc(C)c2C)c(C)c1. The summed E-state index contributed by atoms with van der Waals surface area (Å²) in [5.41, 5.74) is 6.25. The Morgan fingerprint density at radius 2 is 1.56 bits per heavy atom. The van der Waals surface area contributed by atoms with Crippen molar-refractivity contribution in [2.45, 2.75) is 47.6 Å². The number of ether oxygens (including phenoxy) is 1. The molecule has 2 aromatic carbocycles. The molecule has 1 N–H and O–H groups in total. The van der Waals surface area contributed by atoms with Gasteiger partial charge in [-0.3, -0.25) is 4.79 Å². The number of amides is 1. The van der Waals surface area contributed by atoms with Crippen LogP contribution >= 0.6 is 0 Å². The first-order valence-corrected chi connectivity index (χ1v) is 8.36. The molecule has 4 nitrogen and oxygen atoms in total. The van der Waals surface area contributed by atoms with E-state index in [9.17, 15) is 9.59 Å². The second kappa shape index (κ2) is 7.51. The molecule has 2 aromatic rings. The van der Waals surface area contributed by atoms with Gasteiger partial charge in [0.15, 0.2) is 6.10 Å². The first-order valence-electron chi connectivity index (χ1n) is 8.36. The molecule has 0 bridgehead atoms. The lowest BCUT2D eigenvalue weighted by Gasteiger charge is -2.17. The second-order valence-corrected chi connectivity index (χ2v) is 6.56. The van der Waals surface area contributed by atoms with Crippen LogP contribution in [-0.2, 0) is 9.53 Å². The van der Waals surface area contributed by atoms with E-state index in [1.54, 1.807) is 13.0 Å². The average molecular weight is 339 g/mol. The molecule has 0 heterocycles. The highest BCUT2D eigenvalue weighted by Crippen LogP contribution is 2.22. The van der Waals surface area contributed by atoms with E-state index in [0.29, 0.717) is 5.56 Å². The zero-order valence-corrected chi connectivity index (χ0v) is 15.7. The maximum atomic E-state index is 12.4. The van der Waals surface area contributed by atoms with Crippen LogP contribution < -0.4 is 5.32 Å². The summed E-state index contributed by atoms with van der Waals surface area (Å²) in [7, 11) is 0. The van der Waals surface area contributed by atoms with Gasteiger partial charge in [-0.15, -0.1) is 0 Å². The van der Waals surface area contributed by atoms with Crippen LogP contribution in [0, 0.1) is 34.6 Å². The van der Waals surface area contributed by atoms with Gasteiger partial charge in [0.1, 0.15) is 0 Å². The van der Waals surface area contributed by atoms with E-state index in [4.69, 9.17) is 4.74 Å². The zero-order chi connectivity index (χ0) is 18.7. The molecule has 4 heteroatoms. The molecule has 0 saturated heterocycles. The van der Waals surface area contributed by atoms with E-state index >= 15 is 0 Å². The third-order valence-electron chi connectivity index (χ3n) is 4.40. The molecule has 0 aliphatic heterocycles. The molecule has 0 aromatic heterocycles. The molecule has 1 atom stereocenters. The fourth-order valence-electron chi connectivity index (χ4n) is 2.85. The minimum absolute atomic E-state index is 0.339. The summed E-state index contributed by atoms with van der Waals surface area (Å²) in [5, 5.41) is 2.87. The standard InChI is InChI=1S/C21H25NO3/c1-12-10-14(3)19(15(4)11-12)22-20(23)17(6)25-21(24)18-9-7-8-13(2)16(18)5/h7-11,17H,1-6H3,(H,22,23)/t17-/m0/s1. The monoisotopic (exact) mass is 339 g/mol. The van der Waals surface area contributed by atoms with Gasteiger partial charge in [-0.1, -0.05) is 29.8 Å². The molecule has 0 aliphatic rings. The highest BCUT2D eigenvalue weighted by molar-refractivity contribution is 5.98. The molecular weight excluding hydrogens is 314 g/mol. The Morgan fingerprint density at radius 3 is 2.16 bits per heavy atom. The summed E-state index contributed by atoms with van der Waals surface area (Å²) in [6.45, 7) is 11.3. The van der Waals surface area contributed by atoms with Gasteiger partial charge in [-0.25, -0.2) is 4.79 Å². The van der Waals surface area contributed by atoms with Crippen LogP contribution in [-0.4, -0.2) is 18.0 Å². The van der Waals surface area contributed by atoms with Crippen molar-refractivity contribution < 1.29 is 14.3 Å². The second-order valence-electron chi connectivity index (χ2n) is 6.56. The zero-order valence-electron chi connectivity index (χ0n) is 15.7. The lowest BCUT2D eigenvalue weighted by atomic mass is 10.0. The third-order valence-corrected chi connectivity index (χ3v) is 4.40. The van der Waals surface area contributed by atoms with Crippen molar-refractivity contribution in [3.63, 3.8) is 0 Å². The van der Waals surface area contributed by atoms with Gasteiger partial charge in [0.2, 0.25) is 0 Å². The van der Waals surface area contributed by atoms with Gasteiger partial charge < -0.3 is 10.1 Å². The minimum atomic E-state index is -0.882. The number of rotatable bonds is 4. The molecule has 0 aliphatic carbocycles. The van der Waals surface area contributed by atoms with Gasteiger partial charge in [0.05, 0.1) is 5.56 Å². The van der Waals surface area contributed by atoms with Crippen molar-refractivity contribution in [3.8, 4) is 0 Å². The molecule has 1 amide bonds. The molecule has 0 saturated carbocycles. The number of aryl methyl sites for hydroxylation is 4. The van der Waals surface area contributed by atoms with Crippen LogP contribution in [0.3, 0.4) is 0 Å². The van der Waals surface area contributed by atoms with Crippen molar-refractivity contribution in [1.29, 1.82) is 0 Å². The highest BCUT2D eigenvalue weighted by atomic mass is 16.5. The van der Waals surface area contributed by atoms with Gasteiger partial charge in [-0.2, -0.15) is 0 Å². The average Bonchev–Trinajstić information content (AvgIpc) is 2.52. The summed E-state index contributed by atoms with van der Waals surface area (Å²) < 4.78 is 5.36. The number of hydrogen-bond acceptors (Lipinski definition) is 3. The number of esters is 1. The van der Waals surface area contributed by atoms with Crippen LogP contribution in [0.1, 0.15) is 45.1 Å². The predicted molar refractivity (Wildman–Crippen MR) is 100 cm³/mol. The topological polar surface area (TPSA) is 55.4 Å². The van der Waals surface area contributed by atoms with E-state index < -0.39 is 12.1 Å². The molecule has 0 radical (unpaired) electrons. The Bertz CT molecular complexity index is 801. The molecule has 0 unspecified atom stereocenters. The van der Waals surface area contributed by atoms with Crippen molar-refractivity contribution in [2.24, 2.45) is 0 Å². The fraction of sp³-hybridized carbons (Fsp3) is 0.333. The largest absolute Gasteiger partial charge is 0.449 e. The minimum Gasteiger partial charge on any atom is -0.449 e. The van der Waals surface area contributed by atoms with E-state index in [1.807, 2.05) is 58.9 Å². The quantitative estimate of drug-likeness (QED) is 0.839. The lowest BCUT2D eigenvalue weighted by Crippen LogP contribution is -2.30. The molecule has 25 heavy (non-hydrogen) atoms. The Morgan fingerprint density at radius 1 is 0.960 bits per heavy atom. The van der Waals surface area contributed by atoms with Crippen molar-refractivity contribution in [1.82, 2.24) is 0 Å². The summed E-state index contributed by atoms with van der Waals surface area (Å²) in [6.07, 6.45) is -0.882. The van der Waals surface area contributed by atoms with E-state index in [1.165, 1.54) is 0 Å². The first kappa shape index (κ1) is 18.7. The summed E-state index contributed by atoms with van der Waals surface area (Å²) in [6, 6.07) is 9.47. The molecule has 0 fully saturated rings. The van der Waals surface area contributed by atoms with Gasteiger partial charge in [-0.05, 0) is 69.9 Å². The van der Waals surface area contributed by atoms with Crippen LogP contribution in [0.4, 0.5) is 5.69 Å². The van der Waals surface area contributed by atoms with Crippen molar-refractivity contribution in [3.05, 3.63) is 63.7 Å². The van der Waals surface area contributed by atoms with Crippen LogP contribution in [0.5, 0.6) is 0 Å². The first-order chi connectivity index (χ1) is 11.7. The number of carbonyl (C=O) groups is 2. The number of carbonyl (C=O) groups excluding carboxylic acids is 2. The van der Waals surface area contributed by atoms with Gasteiger partial charge >= 0.3 is 5.97 Å². The Kier molecular flexibility index (Phi) is 5.62. The van der Waals surface area contributed by atoms with Crippen LogP contribution in [0.25, 0.3) is 0 Å². The number of anilines is 1. The molecule has 0 spiro atoms. The van der Waals surface area contributed by atoms with Crippen LogP contribution in [0.15, 0.2) is 30.3 Å². The molecule has 132 valence electrons. The summed E-state index contributed by atoms with van der Waals surface area (Å²) >= 11 is 0. The predicted octanol–water partition coefficient (Wildman–Crippen LogP) is 4.41. The Labute approximate surface area is 149 Å². The number of nitrogens with one attached hydrogen (secondary N) is 1. The van der Waals surface area contributed by atoms with E-state index in [0.717, 1.165) is 33.5 Å². The normalized spacial score (nSPS) is 11.8. The van der Waals surface area contributed by atoms with Gasteiger partial charge in [0, 0.05) is 5.69 Å². The van der Waals surface area contributed by atoms with Gasteiger partial charge in [0.25, 0.3) is 5.91 Å². The highest BCUT2D eigenvalue weighted by Gasteiger charge is 2.21. The maximum Gasteiger partial charge on any atom is 0.339 e. The lowest BCUT2D eigenvalue weighted by molar-refractivity contribution is -0.123. The number of hydrogen-bond donors (Lipinski definition) is 1. The molecular formula is C21H25NO3.